The van der Waals surface area contributed by atoms with E-state index in [4.69, 9.17) is 16.3 Å². The Bertz CT molecular complexity index is 688. The summed E-state index contributed by atoms with van der Waals surface area (Å²) in [4.78, 5) is 16.3. The van der Waals surface area contributed by atoms with Gasteiger partial charge in [0.2, 0.25) is 11.8 Å². The average Bonchev–Trinajstić information content (AvgIpc) is 2.51. The van der Waals surface area contributed by atoms with Crippen molar-refractivity contribution < 1.29 is 13.9 Å². The Hall–Kier alpha value is -2.14. The molecule has 1 aliphatic rings. The summed E-state index contributed by atoms with van der Waals surface area (Å²) in [5.41, 5.74) is 1.04. The normalized spacial score (nSPS) is 16.5. The van der Waals surface area contributed by atoms with Gasteiger partial charge in [-0.15, -0.1) is 0 Å². The molecular weight excluding hydrogens is 307 g/mol. The predicted molar refractivity (Wildman–Crippen MR) is 80.3 cm³/mol. The Kier molecular flexibility index (Phi) is 4.24. The summed E-state index contributed by atoms with van der Waals surface area (Å²) in [7, 11) is 0. The Morgan fingerprint density at radius 2 is 2.27 bits per heavy atom. The standard InChI is InChI=1S/C16H14ClFN2O2/c17-12-4-1-5-13(18)11(12)9-15(21)20-14-6-8-22-16-10(14)3-2-7-19-16/h1-5,7,14H,6,8-9H2,(H,20,21). The summed E-state index contributed by atoms with van der Waals surface area (Å²) in [6.07, 6.45) is 2.19. The highest BCUT2D eigenvalue weighted by atomic mass is 35.5. The molecule has 3 rings (SSSR count). The van der Waals surface area contributed by atoms with Crippen molar-refractivity contribution in [3.05, 3.63) is 58.5 Å². The number of aromatic nitrogens is 1. The summed E-state index contributed by atoms with van der Waals surface area (Å²) >= 11 is 5.95. The molecule has 1 aromatic carbocycles. The molecule has 0 spiro atoms. The van der Waals surface area contributed by atoms with Gasteiger partial charge in [0.1, 0.15) is 5.82 Å². The van der Waals surface area contributed by atoms with Gasteiger partial charge in [-0.2, -0.15) is 0 Å². The first-order valence-electron chi connectivity index (χ1n) is 6.95. The van der Waals surface area contributed by atoms with Gasteiger partial charge in [0.25, 0.3) is 0 Å². The van der Waals surface area contributed by atoms with Crippen molar-refractivity contribution in [2.45, 2.75) is 18.9 Å². The van der Waals surface area contributed by atoms with Crippen molar-refractivity contribution in [2.24, 2.45) is 0 Å². The predicted octanol–water partition coefficient (Wildman–Crippen LogP) is 3.06. The Morgan fingerprint density at radius 3 is 3.09 bits per heavy atom. The molecule has 0 saturated heterocycles. The number of nitrogens with zero attached hydrogens (tertiary/aromatic N) is 1. The zero-order chi connectivity index (χ0) is 15.5. The average molecular weight is 321 g/mol. The number of carbonyl (C=O) groups excluding carboxylic acids is 1. The lowest BCUT2D eigenvalue weighted by Gasteiger charge is -2.25. The van der Waals surface area contributed by atoms with Crippen molar-refractivity contribution in [1.29, 1.82) is 0 Å². The van der Waals surface area contributed by atoms with Gasteiger partial charge in [0.15, 0.2) is 0 Å². The lowest BCUT2D eigenvalue weighted by atomic mass is 10.0. The quantitative estimate of drug-likeness (QED) is 0.945. The molecule has 2 heterocycles. The number of fused-ring (bicyclic) bond motifs is 1. The van der Waals surface area contributed by atoms with Crippen LogP contribution in [-0.4, -0.2) is 17.5 Å². The summed E-state index contributed by atoms with van der Waals surface area (Å²) in [6, 6.07) is 7.85. The van der Waals surface area contributed by atoms with Gasteiger partial charge in [0.05, 0.1) is 19.1 Å². The number of carbonyl (C=O) groups is 1. The molecule has 1 amide bonds. The molecule has 1 N–H and O–H groups in total. The van der Waals surface area contributed by atoms with Gasteiger partial charge in [-0.1, -0.05) is 23.7 Å². The van der Waals surface area contributed by atoms with Crippen LogP contribution in [-0.2, 0) is 11.2 Å². The van der Waals surface area contributed by atoms with Crippen molar-refractivity contribution in [3.63, 3.8) is 0 Å². The van der Waals surface area contributed by atoms with E-state index in [2.05, 4.69) is 10.3 Å². The van der Waals surface area contributed by atoms with Crippen LogP contribution < -0.4 is 10.1 Å². The maximum Gasteiger partial charge on any atom is 0.225 e. The number of nitrogens with one attached hydrogen (secondary N) is 1. The SMILES string of the molecule is O=C(Cc1c(F)cccc1Cl)NC1CCOc2ncccc21. The van der Waals surface area contributed by atoms with Crippen LogP contribution in [0.5, 0.6) is 5.88 Å². The first kappa shape index (κ1) is 14.8. The second-order valence-electron chi connectivity index (χ2n) is 5.03. The molecule has 2 aromatic rings. The van der Waals surface area contributed by atoms with Crippen molar-refractivity contribution in [3.8, 4) is 5.88 Å². The van der Waals surface area contributed by atoms with Crippen LogP contribution in [0.25, 0.3) is 0 Å². The molecule has 1 atom stereocenters. The fraction of sp³-hybridized carbons (Fsp3) is 0.250. The number of hydrogen-bond acceptors (Lipinski definition) is 3. The van der Waals surface area contributed by atoms with Gasteiger partial charge in [-0.25, -0.2) is 9.37 Å². The third kappa shape index (κ3) is 3.04. The minimum Gasteiger partial charge on any atom is -0.477 e. The van der Waals surface area contributed by atoms with E-state index in [0.717, 1.165) is 5.56 Å². The lowest BCUT2D eigenvalue weighted by Crippen LogP contribution is -2.33. The van der Waals surface area contributed by atoms with Gasteiger partial charge in [0, 0.05) is 28.8 Å². The van der Waals surface area contributed by atoms with E-state index >= 15 is 0 Å². The minimum atomic E-state index is -0.475. The van der Waals surface area contributed by atoms with Gasteiger partial charge in [-0.05, 0) is 18.2 Å². The monoisotopic (exact) mass is 320 g/mol. The Balaban J connectivity index is 1.73. The van der Waals surface area contributed by atoms with E-state index in [1.807, 2.05) is 6.07 Å². The number of halogens is 2. The summed E-state index contributed by atoms with van der Waals surface area (Å²) in [6.45, 7) is 0.482. The van der Waals surface area contributed by atoms with Crippen LogP contribution in [0.3, 0.4) is 0 Å². The number of benzene rings is 1. The molecule has 114 valence electrons. The van der Waals surface area contributed by atoms with Crippen LogP contribution in [0.1, 0.15) is 23.6 Å². The fourth-order valence-electron chi connectivity index (χ4n) is 2.48. The van der Waals surface area contributed by atoms with Gasteiger partial charge < -0.3 is 10.1 Å². The summed E-state index contributed by atoms with van der Waals surface area (Å²) in [5, 5.41) is 3.15. The molecular formula is C16H14ClFN2O2. The zero-order valence-corrected chi connectivity index (χ0v) is 12.4. The molecule has 1 aliphatic heterocycles. The number of rotatable bonds is 3. The molecule has 22 heavy (non-hydrogen) atoms. The second kappa shape index (κ2) is 6.32. The van der Waals surface area contributed by atoms with E-state index in [1.54, 1.807) is 18.3 Å². The van der Waals surface area contributed by atoms with E-state index in [1.165, 1.54) is 12.1 Å². The zero-order valence-electron chi connectivity index (χ0n) is 11.7. The lowest BCUT2D eigenvalue weighted by molar-refractivity contribution is -0.121. The van der Waals surface area contributed by atoms with E-state index in [0.29, 0.717) is 18.9 Å². The largest absolute Gasteiger partial charge is 0.477 e. The highest BCUT2D eigenvalue weighted by molar-refractivity contribution is 6.31. The highest BCUT2D eigenvalue weighted by Crippen LogP contribution is 2.29. The molecule has 1 unspecified atom stereocenters. The van der Waals surface area contributed by atoms with Crippen molar-refractivity contribution in [1.82, 2.24) is 10.3 Å². The highest BCUT2D eigenvalue weighted by Gasteiger charge is 2.24. The second-order valence-corrected chi connectivity index (χ2v) is 5.44. The Morgan fingerprint density at radius 1 is 1.41 bits per heavy atom. The number of hydrogen-bond donors (Lipinski definition) is 1. The van der Waals surface area contributed by atoms with E-state index in [-0.39, 0.29) is 29.0 Å². The first-order valence-corrected chi connectivity index (χ1v) is 7.33. The van der Waals surface area contributed by atoms with E-state index < -0.39 is 5.82 Å². The molecule has 0 radical (unpaired) electrons. The third-order valence-corrected chi connectivity index (χ3v) is 3.91. The minimum absolute atomic E-state index is 0.0988. The smallest absolute Gasteiger partial charge is 0.225 e. The third-order valence-electron chi connectivity index (χ3n) is 3.56. The van der Waals surface area contributed by atoms with Crippen LogP contribution in [0.4, 0.5) is 4.39 Å². The first-order chi connectivity index (χ1) is 10.6. The van der Waals surface area contributed by atoms with Gasteiger partial charge >= 0.3 is 0 Å². The molecule has 1 aromatic heterocycles. The Labute approximate surface area is 132 Å². The topological polar surface area (TPSA) is 51.2 Å². The summed E-state index contributed by atoms with van der Waals surface area (Å²) < 4.78 is 19.2. The molecule has 0 fully saturated rings. The number of ether oxygens (including phenoxy) is 1. The molecule has 4 nitrogen and oxygen atoms in total. The van der Waals surface area contributed by atoms with Crippen LogP contribution in [0.15, 0.2) is 36.5 Å². The molecule has 0 bridgehead atoms. The molecule has 0 saturated carbocycles. The number of amides is 1. The maximum atomic E-state index is 13.7. The van der Waals surface area contributed by atoms with Crippen LogP contribution >= 0.6 is 11.6 Å². The maximum absolute atomic E-state index is 13.7. The number of pyridine rings is 1. The summed E-state index contributed by atoms with van der Waals surface area (Å²) in [5.74, 6) is -0.228. The fourth-order valence-corrected chi connectivity index (χ4v) is 2.70. The van der Waals surface area contributed by atoms with E-state index in [9.17, 15) is 9.18 Å². The molecule has 6 heteroatoms. The van der Waals surface area contributed by atoms with Crippen molar-refractivity contribution in [2.75, 3.05) is 6.61 Å². The van der Waals surface area contributed by atoms with Crippen molar-refractivity contribution >= 4 is 17.5 Å². The van der Waals surface area contributed by atoms with Crippen LogP contribution in [0, 0.1) is 5.82 Å². The van der Waals surface area contributed by atoms with Gasteiger partial charge in [-0.3, -0.25) is 4.79 Å². The molecule has 0 aliphatic carbocycles. The van der Waals surface area contributed by atoms with Crippen LogP contribution in [0.2, 0.25) is 5.02 Å².